The molecule has 0 aliphatic carbocycles. The summed E-state index contributed by atoms with van der Waals surface area (Å²) in [4.78, 5) is 13.1. The summed E-state index contributed by atoms with van der Waals surface area (Å²) in [6.45, 7) is 6.80. The van der Waals surface area contributed by atoms with Crippen molar-refractivity contribution in [3.8, 4) is 0 Å². The minimum absolute atomic E-state index is 0.0717. The van der Waals surface area contributed by atoms with Crippen LogP contribution in [0.15, 0.2) is 23.1 Å². The van der Waals surface area contributed by atoms with Crippen molar-refractivity contribution in [2.24, 2.45) is 5.73 Å². The van der Waals surface area contributed by atoms with Crippen molar-refractivity contribution in [1.82, 2.24) is 5.32 Å². The van der Waals surface area contributed by atoms with Crippen LogP contribution in [-0.4, -0.2) is 24.2 Å². The molecule has 1 aromatic carbocycles. The number of benzene rings is 1. The number of hydrogen-bond donors (Lipinski definition) is 2. The van der Waals surface area contributed by atoms with E-state index < -0.39 is 0 Å². The average molecular weight is 294 g/mol. The number of amides is 1. The van der Waals surface area contributed by atoms with Gasteiger partial charge in [-0.3, -0.25) is 4.79 Å². The quantitative estimate of drug-likeness (QED) is 0.725. The maximum absolute atomic E-state index is 12.0. The molecule has 112 valence electrons. The molecule has 0 bridgehead atoms. The highest BCUT2D eigenvalue weighted by atomic mass is 32.2. The van der Waals surface area contributed by atoms with Gasteiger partial charge in [0.15, 0.2) is 0 Å². The van der Waals surface area contributed by atoms with Crippen LogP contribution in [0, 0.1) is 13.8 Å². The molecule has 1 unspecified atom stereocenters. The van der Waals surface area contributed by atoms with Crippen molar-refractivity contribution in [2.45, 2.75) is 51.0 Å². The highest BCUT2D eigenvalue weighted by Gasteiger charge is 2.11. The average Bonchev–Trinajstić information content (AvgIpc) is 2.44. The summed E-state index contributed by atoms with van der Waals surface area (Å²) >= 11 is 1.59. The third kappa shape index (κ3) is 5.97. The summed E-state index contributed by atoms with van der Waals surface area (Å²) < 4.78 is 0. The first-order chi connectivity index (χ1) is 9.56. The molecule has 1 atom stereocenters. The van der Waals surface area contributed by atoms with Crippen molar-refractivity contribution >= 4 is 17.7 Å². The van der Waals surface area contributed by atoms with Gasteiger partial charge in [-0.2, -0.15) is 0 Å². The van der Waals surface area contributed by atoms with Gasteiger partial charge >= 0.3 is 0 Å². The Morgan fingerprint density at radius 2 is 2.15 bits per heavy atom. The molecule has 0 heterocycles. The van der Waals surface area contributed by atoms with Crippen LogP contribution in [0.5, 0.6) is 0 Å². The van der Waals surface area contributed by atoms with Crippen LogP contribution in [0.2, 0.25) is 0 Å². The van der Waals surface area contributed by atoms with E-state index in [4.69, 9.17) is 5.73 Å². The number of nitrogens with two attached hydrogens (primary N) is 1. The van der Waals surface area contributed by atoms with E-state index in [0.717, 1.165) is 19.3 Å². The number of thioether (sulfide) groups is 1. The number of nitrogens with one attached hydrogen (secondary N) is 1. The lowest BCUT2D eigenvalue weighted by Crippen LogP contribution is -2.41. The third-order valence-corrected chi connectivity index (χ3v) is 4.42. The van der Waals surface area contributed by atoms with Crippen LogP contribution in [0.3, 0.4) is 0 Å². The topological polar surface area (TPSA) is 55.1 Å². The molecule has 0 spiro atoms. The second-order valence-electron chi connectivity index (χ2n) is 5.20. The normalized spacial score (nSPS) is 12.2. The van der Waals surface area contributed by atoms with Crippen LogP contribution in [-0.2, 0) is 4.79 Å². The Bertz CT molecular complexity index is 434. The summed E-state index contributed by atoms with van der Waals surface area (Å²) in [5.41, 5.74) is 8.13. The van der Waals surface area contributed by atoms with Gasteiger partial charge in [0.05, 0.1) is 5.75 Å². The van der Waals surface area contributed by atoms with E-state index in [9.17, 15) is 4.79 Å². The first kappa shape index (κ1) is 17.1. The molecule has 0 aliphatic rings. The van der Waals surface area contributed by atoms with Crippen LogP contribution in [0.1, 0.15) is 37.3 Å². The number of aryl methyl sites for hydroxylation is 2. The first-order valence-electron chi connectivity index (χ1n) is 7.26. The second kappa shape index (κ2) is 9.03. The maximum atomic E-state index is 12.0. The Morgan fingerprint density at radius 3 is 2.80 bits per heavy atom. The van der Waals surface area contributed by atoms with Crippen molar-refractivity contribution in [2.75, 3.05) is 12.3 Å². The number of hydrogen-bond acceptors (Lipinski definition) is 3. The van der Waals surface area contributed by atoms with Crippen molar-refractivity contribution in [3.05, 3.63) is 29.3 Å². The van der Waals surface area contributed by atoms with Crippen LogP contribution >= 0.6 is 11.8 Å². The lowest BCUT2D eigenvalue weighted by Gasteiger charge is -2.16. The Morgan fingerprint density at radius 1 is 1.40 bits per heavy atom. The molecule has 1 rings (SSSR count). The minimum Gasteiger partial charge on any atom is -0.351 e. The molecule has 20 heavy (non-hydrogen) atoms. The van der Waals surface area contributed by atoms with E-state index in [-0.39, 0.29) is 11.9 Å². The van der Waals surface area contributed by atoms with Gasteiger partial charge in [-0.1, -0.05) is 37.5 Å². The zero-order valence-corrected chi connectivity index (χ0v) is 13.6. The molecule has 1 amide bonds. The van der Waals surface area contributed by atoms with Gasteiger partial charge in [0.2, 0.25) is 5.91 Å². The number of unbranched alkanes of at least 4 members (excludes halogenated alkanes) is 1. The van der Waals surface area contributed by atoms with E-state index in [0.29, 0.717) is 12.3 Å². The van der Waals surface area contributed by atoms with Gasteiger partial charge in [0.1, 0.15) is 0 Å². The Labute approximate surface area is 126 Å². The summed E-state index contributed by atoms with van der Waals surface area (Å²) in [5.74, 6) is 0.523. The van der Waals surface area contributed by atoms with E-state index in [1.165, 1.54) is 16.0 Å². The Hall–Kier alpha value is -1.00. The smallest absolute Gasteiger partial charge is 0.230 e. The van der Waals surface area contributed by atoms with E-state index in [1.807, 2.05) is 0 Å². The molecule has 0 saturated heterocycles. The number of carbonyl (C=O) groups is 1. The van der Waals surface area contributed by atoms with Crippen molar-refractivity contribution < 1.29 is 4.79 Å². The minimum atomic E-state index is 0.0717. The molecule has 4 heteroatoms. The highest BCUT2D eigenvalue weighted by molar-refractivity contribution is 8.00. The highest BCUT2D eigenvalue weighted by Crippen LogP contribution is 2.23. The summed E-state index contributed by atoms with van der Waals surface area (Å²) in [6, 6.07) is 6.43. The van der Waals surface area contributed by atoms with Crippen LogP contribution in [0.4, 0.5) is 0 Å². The molecule has 0 aliphatic heterocycles. The third-order valence-electron chi connectivity index (χ3n) is 3.26. The van der Waals surface area contributed by atoms with E-state index >= 15 is 0 Å². The standard InChI is InChI=1S/C16H26N2OS/c1-4-5-6-14(10-17)18-16(19)11-20-15-9-12(2)7-8-13(15)3/h7-9,14H,4-6,10-11,17H2,1-3H3,(H,18,19). The molecule has 0 aromatic heterocycles. The predicted molar refractivity (Wildman–Crippen MR) is 87.2 cm³/mol. The zero-order chi connectivity index (χ0) is 15.0. The monoisotopic (exact) mass is 294 g/mol. The fourth-order valence-corrected chi connectivity index (χ4v) is 2.91. The lowest BCUT2D eigenvalue weighted by atomic mass is 10.1. The van der Waals surface area contributed by atoms with Crippen LogP contribution < -0.4 is 11.1 Å². The molecule has 0 radical (unpaired) electrons. The Balaban J connectivity index is 2.44. The van der Waals surface area contributed by atoms with Crippen molar-refractivity contribution in [3.63, 3.8) is 0 Å². The summed E-state index contributed by atoms with van der Waals surface area (Å²) in [7, 11) is 0. The van der Waals surface area contributed by atoms with Gasteiger partial charge in [-0.25, -0.2) is 0 Å². The summed E-state index contributed by atoms with van der Waals surface area (Å²) in [6.07, 6.45) is 3.20. The van der Waals surface area contributed by atoms with Gasteiger partial charge in [0, 0.05) is 17.5 Å². The van der Waals surface area contributed by atoms with Crippen molar-refractivity contribution in [1.29, 1.82) is 0 Å². The molecule has 0 saturated carbocycles. The van der Waals surface area contributed by atoms with Crippen LogP contribution in [0.25, 0.3) is 0 Å². The molecule has 0 fully saturated rings. The van der Waals surface area contributed by atoms with Gasteiger partial charge < -0.3 is 11.1 Å². The fraction of sp³-hybridized carbons (Fsp3) is 0.562. The van der Waals surface area contributed by atoms with E-state index in [1.54, 1.807) is 11.8 Å². The summed E-state index contributed by atoms with van der Waals surface area (Å²) in [5, 5.41) is 3.02. The first-order valence-corrected chi connectivity index (χ1v) is 8.24. The van der Waals surface area contributed by atoms with Gasteiger partial charge in [-0.05, 0) is 31.9 Å². The lowest BCUT2D eigenvalue weighted by molar-refractivity contribution is -0.119. The maximum Gasteiger partial charge on any atom is 0.230 e. The molecule has 1 aromatic rings. The zero-order valence-electron chi connectivity index (χ0n) is 12.7. The molecular weight excluding hydrogens is 268 g/mol. The largest absolute Gasteiger partial charge is 0.351 e. The predicted octanol–water partition coefficient (Wildman–Crippen LogP) is 3.03. The number of rotatable bonds is 8. The number of carbonyl (C=O) groups excluding carboxylic acids is 1. The van der Waals surface area contributed by atoms with Gasteiger partial charge in [-0.15, -0.1) is 11.8 Å². The van der Waals surface area contributed by atoms with E-state index in [2.05, 4.69) is 44.3 Å². The SMILES string of the molecule is CCCCC(CN)NC(=O)CSc1cc(C)ccc1C. The molecule has 3 N–H and O–H groups in total. The van der Waals surface area contributed by atoms with Gasteiger partial charge in [0.25, 0.3) is 0 Å². The Kier molecular flexibility index (Phi) is 7.70. The molecular formula is C16H26N2OS. The fourth-order valence-electron chi connectivity index (χ4n) is 1.97. The second-order valence-corrected chi connectivity index (χ2v) is 6.22. The molecule has 3 nitrogen and oxygen atoms in total.